The Morgan fingerprint density at radius 1 is 1.17 bits per heavy atom. The van der Waals surface area contributed by atoms with E-state index in [0.29, 0.717) is 21.5 Å². The van der Waals surface area contributed by atoms with Gasteiger partial charge in [-0.3, -0.25) is 9.78 Å². The topological polar surface area (TPSA) is 105 Å². The van der Waals surface area contributed by atoms with Crippen LogP contribution in [0, 0.1) is 0 Å². The molecule has 1 aromatic carbocycles. The normalized spacial score (nSPS) is 12.0. The number of benzene rings is 1. The Hall–Kier alpha value is -3.76. The molecule has 0 bridgehead atoms. The molecule has 4 aromatic rings. The number of carbonyl (C=O) groups excluding carboxylic acids is 2. The van der Waals surface area contributed by atoms with E-state index in [2.05, 4.69) is 20.6 Å². The summed E-state index contributed by atoms with van der Waals surface area (Å²) < 4.78 is 1.82. The van der Waals surface area contributed by atoms with E-state index in [1.165, 1.54) is 23.2 Å². The minimum Gasteiger partial charge on any atom is -0.331 e. The summed E-state index contributed by atoms with van der Waals surface area (Å²) in [4.78, 5) is 35.0. The van der Waals surface area contributed by atoms with Gasteiger partial charge in [0.25, 0.3) is 0 Å². The molecule has 11 heteroatoms. The fraction of sp³-hybridized carbons (Fsp3) is 0.208. The van der Waals surface area contributed by atoms with Crippen molar-refractivity contribution in [2.75, 3.05) is 24.7 Å². The van der Waals surface area contributed by atoms with Gasteiger partial charge < -0.3 is 15.5 Å². The molecule has 9 nitrogen and oxygen atoms in total. The van der Waals surface area contributed by atoms with E-state index < -0.39 is 0 Å². The number of amides is 3. The highest BCUT2D eigenvalue weighted by Crippen LogP contribution is 2.44. The van der Waals surface area contributed by atoms with Gasteiger partial charge in [0.1, 0.15) is 0 Å². The average molecular weight is 508 g/mol. The summed E-state index contributed by atoms with van der Waals surface area (Å²) >= 11 is 8.14. The van der Waals surface area contributed by atoms with Gasteiger partial charge in [-0.1, -0.05) is 22.9 Å². The fourth-order valence-corrected chi connectivity index (χ4v) is 5.35. The third-order valence-corrected chi connectivity index (χ3v) is 6.88. The van der Waals surface area contributed by atoms with Gasteiger partial charge in [0.15, 0.2) is 5.13 Å². The summed E-state index contributed by atoms with van der Waals surface area (Å²) in [6.07, 6.45) is 5.00. The Morgan fingerprint density at radius 3 is 2.69 bits per heavy atom. The van der Waals surface area contributed by atoms with Gasteiger partial charge in [0.05, 0.1) is 32.7 Å². The highest BCUT2D eigenvalue weighted by Gasteiger charge is 2.30. The predicted molar refractivity (Wildman–Crippen MR) is 137 cm³/mol. The van der Waals surface area contributed by atoms with E-state index in [1.54, 1.807) is 38.6 Å². The maximum Gasteiger partial charge on any atom is 0.321 e. The number of nitrogens with zero attached hydrogens (tertiary/aromatic N) is 5. The summed E-state index contributed by atoms with van der Waals surface area (Å²) in [5, 5.41) is 11.6. The molecule has 3 heterocycles. The highest BCUT2D eigenvalue weighted by atomic mass is 35.5. The van der Waals surface area contributed by atoms with E-state index in [4.69, 9.17) is 16.7 Å². The van der Waals surface area contributed by atoms with Crippen molar-refractivity contribution in [2.24, 2.45) is 0 Å². The van der Waals surface area contributed by atoms with E-state index in [9.17, 15) is 9.59 Å². The van der Waals surface area contributed by atoms with Crippen LogP contribution in [-0.4, -0.2) is 50.7 Å². The highest BCUT2D eigenvalue weighted by molar-refractivity contribution is 7.19. The van der Waals surface area contributed by atoms with Crippen molar-refractivity contribution in [3.05, 3.63) is 59.0 Å². The van der Waals surface area contributed by atoms with Crippen molar-refractivity contribution in [3.8, 4) is 27.5 Å². The zero-order chi connectivity index (χ0) is 24.7. The molecule has 5 rings (SSSR count). The fourth-order valence-electron chi connectivity index (χ4n) is 3.97. The van der Waals surface area contributed by atoms with E-state index in [1.807, 2.05) is 22.9 Å². The number of halogens is 1. The standard InChI is InChI=1S/C24H22ClN7O2S/c1-13(33)27-23-29-18-8-7-16-20(14-5-4-10-26-12-14)30-32(21(16)22(18)35-23)19-9-6-15(11-17(19)25)28-24(34)31(2)3/h4-6,9-12H,7-8H2,1-3H3,(H,28,34)(H,27,29,33). The van der Waals surface area contributed by atoms with Crippen molar-refractivity contribution >= 4 is 45.7 Å². The van der Waals surface area contributed by atoms with E-state index in [-0.39, 0.29) is 11.9 Å². The van der Waals surface area contributed by atoms with Crippen LogP contribution in [0.5, 0.6) is 0 Å². The smallest absolute Gasteiger partial charge is 0.321 e. The number of nitrogens with one attached hydrogen (secondary N) is 2. The van der Waals surface area contributed by atoms with Gasteiger partial charge in [-0.25, -0.2) is 14.5 Å². The number of thiazole rings is 1. The number of fused-ring (bicyclic) bond motifs is 3. The second-order valence-corrected chi connectivity index (χ2v) is 9.70. The molecular formula is C24H22ClN7O2S. The van der Waals surface area contributed by atoms with Crippen molar-refractivity contribution in [1.29, 1.82) is 0 Å². The molecule has 1 aliphatic rings. The SMILES string of the molecule is CC(=O)Nc1nc2c(s1)-c1c(c(-c3cccnc3)nn1-c1ccc(NC(=O)N(C)C)cc1Cl)CC2. The average Bonchev–Trinajstić information content (AvgIpc) is 3.40. The molecular weight excluding hydrogens is 486 g/mol. The molecule has 35 heavy (non-hydrogen) atoms. The van der Waals surface area contributed by atoms with Crippen LogP contribution in [0.2, 0.25) is 5.02 Å². The summed E-state index contributed by atoms with van der Waals surface area (Å²) in [6.45, 7) is 1.47. The van der Waals surface area contributed by atoms with Crippen molar-refractivity contribution in [1.82, 2.24) is 24.6 Å². The quantitative estimate of drug-likeness (QED) is 0.410. The lowest BCUT2D eigenvalue weighted by Gasteiger charge is -2.16. The number of aryl methyl sites for hydroxylation is 1. The molecule has 0 atom stereocenters. The van der Waals surface area contributed by atoms with Crippen molar-refractivity contribution in [3.63, 3.8) is 0 Å². The molecule has 1 aliphatic carbocycles. The van der Waals surface area contributed by atoms with Crippen LogP contribution >= 0.6 is 22.9 Å². The summed E-state index contributed by atoms with van der Waals surface area (Å²) in [7, 11) is 3.34. The predicted octanol–water partition coefficient (Wildman–Crippen LogP) is 4.86. The first-order valence-electron chi connectivity index (χ1n) is 10.9. The lowest BCUT2D eigenvalue weighted by molar-refractivity contribution is -0.114. The van der Waals surface area contributed by atoms with Crippen LogP contribution in [0.4, 0.5) is 15.6 Å². The van der Waals surface area contributed by atoms with Gasteiger partial charge in [0.2, 0.25) is 5.91 Å². The number of hydrogen-bond acceptors (Lipinski definition) is 6. The molecule has 0 unspecified atom stereocenters. The molecule has 0 fully saturated rings. The second-order valence-electron chi connectivity index (χ2n) is 8.30. The zero-order valence-electron chi connectivity index (χ0n) is 19.3. The molecule has 0 spiro atoms. The minimum atomic E-state index is -0.246. The molecule has 0 aliphatic heterocycles. The van der Waals surface area contributed by atoms with Crippen LogP contribution < -0.4 is 10.6 Å². The number of aromatic nitrogens is 4. The minimum absolute atomic E-state index is 0.167. The second kappa shape index (κ2) is 9.12. The van der Waals surface area contributed by atoms with Crippen LogP contribution in [0.25, 0.3) is 27.5 Å². The van der Waals surface area contributed by atoms with Gasteiger partial charge in [-0.2, -0.15) is 5.10 Å². The molecule has 0 saturated carbocycles. The van der Waals surface area contributed by atoms with Crippen molar-refractivity contribution in [2.45, 2.75) is 19.8 Å². The molecule has 2 N–H and O–H groups in total. The molecule has 178 valence electrons. The Labute approximate surface area is 210 Å². The maximum atomic E-state index is 12.1. The molecule has 3 aromatic heterocycles. The third-order valence-electron chi connectivity index (χ3n) is 5.56. The Morgan fingerprint density at radius 2 is 2.00 bits per heavy atom. The molecule has 0 saturated heterocycles. The van der Waals surface area contributed by atoms with Gasteiger partial charge in [-0.15, -0.1) is 0 Å². The molecule has 3 amide bonds. The van der Waals surface area contributed by atoms with E-state index in [0.717, 1.165) is 45.9 Å². The van der Waals surface area contributed by atoms with Gasteiger partial charge in [0, 0.05) is 50.2 Å². The van der Waals surface area contributed by atoms with Crippen LogP contribution in [0.15, 0.2) is 42.7 Å². The number of rotatable bonds is 4. The number of carbonyl (C=O) groups is 2. The molecule has 0 radical (unpaired) electrons. The number of urea groups is 1. The Bertz CT molecular complexity index is 1450. The lowest BCUT2D eigenvalue weighted by Crippen LogP contribution is -2.27. The van der Waals surface area contributed by atoms with Gasteiger partial charge in [-0.05, 0) is 43.2 Å². The summed E-state index contributed by atoms with van der Waals surface area (Å²) in [5.41, 5.74) is 5.87. The number of pyridine rings is 1. The number of hydrogen-bond donors (Lipinski definition) is 2. The summed E-state index contributed by atoms with van der Waals surface area (Å²) in [6, 6.07) is 8.94. The Balaban J connectivity index is 1.66. The first-order chi connectivity index (χ1) is 16.8. The maximum absolute atomic E-state index is 12.1. The van der Waals surface area contributed by atoms with Crippen LogP contribution in [0.3, 0.4) is 0 Å². The first kappa shape index (κ1) is 23.0. The van der Waals surface area contributed by atoms with E-state index >= 15 is 0 Å². The zero-order valence-corrected chi connectivity index (χ0v) is 20.9. The van der Waals surface area contributed by atoms with Gasteiger partial charge >= 0.3 is 6.03 Å². The monoisotopic (exact) mass is 507 g/mol. The lowest BCUT2D eigenvalue weighted by atomic mass is 9.95. The number of anilines is 2. The Kier molecular flexibility index (Phi) is 6.00. The first-order valence-corrected chi connectivity index (χ1v) is 12.1. The third kappa shape index (κ3) is 4.38. The van der Waals surface area contributed by atoms with Crippen molar-refractivity contribution < 1.29 is 9.59 Å². The summed E-state index contributed by atoms with van der Waals surface area (Å²) in [5.74, 6) is -0.167. The van der Waals surface area contributed by atoms with Crippen LogP contribution in [-0.2, 0) is 17.6 Å². The van der Waals surface area contributed by atoms with Crippen LogP contribution in [0.1, 0.15) is 18.2 Å². The largest absolute Gasteiger partial charge is 0.331 e.